The standard InChI is InChI=1S/C75H107N13O15S/c1-7-8-9-10-11-17-27-59(28-18-12-13-19-32-67(90)77-42-43-78-69(92)57-36-40-66(79-47-57)87-81-48-56-26-20-21-31-65(56)104(99,100)101)103-75(98)102-50-55-33-37-58(38-34-55)82-73(96)63(46-52(4)5)85-71(94)60(29-22-41-76)84-72(95)61(39-35-54-24-15-14-16-25-54)83-68(91)49-80-70(93)62(45-51(2)3)86-74(97)64-30-23-44-88(64)53(6)89/h7,14-16,20-21,24-26,31,33-34,36-38,40,47-48,51-52,59-64H,1,8-13,17-19,22-23,27-30,32,35,39,41-46,49-50,76H2,2-6H3,(H,77,90)(H,78,92)(H,79,87)(H,80,93)(H,82,96)(H,83,91)(H,84,95)(H,85,94)(H,86,97)(H,99,100,101)/t59?,60-,61-,62-,63-,64-/m0/s1. The molecule has 29 heteroatoms. The van der Waals surface area contributed by atoms with Gasteiger partial charge in [-0.2, -0.15) is 13.5 Å². The van der Waals surface area contributed by atoms with Crippen LogP contribution >= 0.6 is 0 Å². The highest BCUT2D eigenvalue weighted by atomic mass is 32.2. The molecule has 1 aliphatic heterocycles. The molecule has 6 atom stereocenters. The highest BCUT2D eigenvalue weighted by Gasteiger charge is 2.36. The molecule has 568 valence electrons. The van der Waals surface area contributed by atoms with Crippen molar-refractivity contribution in [3.8, 4) is 0 Å². The molecule has 4 aromatic rings. The number of hydrazone groups is 1. The Kier molecular flexibility index (Phi) is 37.8. The van der Waals surface area contributed by atoms with Gasteiger partial charge in [0.2, 0.25) is 47.3 Å². The van der Waals surface area contributed by atoms with E-state index in [1.165, 1.54) is 54.6 Å². The minimum absolute atomic E-state index is 0.0201. The third-order valence-corrected chi connectivity index (χ3v) is 18.1. The van der Waals surface area contributed by atoms with Gasteiger partial charge < -0.3 is 62.6 Å². The molecule has 12 N–H and O–H groups in total. The van der Waals surface area contributed by atoms with Crippen LogP contribution in [0.4, 0.5) is 16.3 Å². The normalized spacial score (nSPS) is 14.2. The zero-order chi connectivity index (χ0) is 75.8. The van der Waals surface area contributed by atoms with Gasteiger partial charge in [0.1, 0.15) is 53.6 Å². The number of nitrogens with zero attached hydrogens (tertiary/aromatic N) is 3. The van der Waals surface area contributed by atoms with Crippen LogP contribution in [-0.4, -0.2) is 157 Å². The van der Waals surface area contributed by atoms with Gasteiger partial charge in [-0.25, -0.2) is 9.78 Å². The largest absolute Gasteiger partial charge is 0.508 e. The average Bonchev–Trinajstić information content (AvgIpc) is 1.26. The maximum Gasteiger partial charge on any atom is 0.508 e. The Morgan fingerprint density at radius 3 is 1.95 bits per heavy atom. The summed E-state index contributed by atoms with van der Waals surface area (Å²) in [6.45, 7) is 13.1. The molecule has 1 unspecified atom stereocenters. The number of aromatic nitrogens is 1. The number of nitrogens with two attached hydrogens (primary N) is 1. The lowest BCUT2D eigenvalue weighted by Crippen LogP contribution is -2.57. The van der Waals surface area contributed by atoms with E-state index >= 15 is 0 Å². The van der Waals surface area contributed by atoms with Crippen LogP contribution in [0.1, 0.15) is 184 Å². The topological polar surface area (TPSA) is 406 Å². The number of likely N-dealkylation sites (tertiary alicyclic amines) is 1. The second-order valence-electron chi connectivity index (χ2n) is 26.7. The number of hydrogen-bond donors (Lipinski definition) is 11. The molecule has 0 radical (unpaired) electrons. The monoisotopic (exact) mass is 1460 g/mol. The van der Waals surface area contributed by atoms with Gasteiger partial charge in [0.15, 0.2) is 0 Å². The Hall–Kier alpha value is -9.61. The van der Waals surface area contributed by atoms with E-state index in [2.05, 4.69) is 64.6 Å². The Balaban J connectivity index is 1.07. The van der Waals surface area contributed by atoms with Gasteiger partial charge >= 0.3 is 6.16 Å². The summed E-state index contributed by atoms with van der Waals surface area (Å²) in [6.07, 6.45) is 15.1. The van der Waals surface area contributed by atoms with Crippen molar-refractivity contribution >= 4 is 87.2 Å². The van der Waals surface area contributed by atoms with Crippen LogP contribution in [-0.2, 0) is 71.0 Å². The summed E-state index contributed by atoms with van der Waals surface area (Å²) in [5, 5.41) is 26.1. The molecule has 9 amide bonds. The van der Waals surface area contributed by atoms with Crippen molar-refractivity contribution in [1.29, 1.82) is 0 Å². The van der Waals surface area contributed by atoms with Crippen molar-refractivity contribution in [2.45, 2.75) is 211 Å². The average molecular weight is 1460 g/mol. The number of carbonyl (C=O) groups is 10. The van der Waals surface area contributed by atoms with Gasteiger partial charge in [0.25, 0.3) is 16.0 Å². The number of hydrogen-bond acceptors (Lipinski definition) is 18. The summed E-state index contributed by atoms with van der Waals surface area (Å²) in [6, 6.07) is 19.6. The molecular formula is C75H107N13O15S. The fourth-order valence-corrected chi connectivity index (χ4v) is 12.3. The highest BCUT2D eigenvalue weighted by molar-refractivity contribution is 7.86. The number of nitrogens with one attached hydrogen (secondary N) is 9. The number of unbranched alkanes of at least 4 members (excludes halogenated alkanes) is 7. The van der Waals surface area contributed by atoms with Crippen molar-refractivity contribution in [1.82, 2.24) is 47.1 Å². The predicted molar refractivity (Wildman–Crippen MR) is 396 cm³/mol. The molecule has 0 aliphatic carbocycles. The van der Waals surface area contributed by atoms with Crippen LogP contribution in [0.25, 0.3) is 0 Å². The third-order valence-electron chi connectivity index (χ3n) is 17.2. The highest BCUT2D eigenvalue weighted by Crippen LogP contribution is 2.22. The van der Waals surface area contributed by atoms with E-state index in [0.29, 0.717) is 69.2 Å². The minimum Gasteiger partial charge on any atom is -0.431 e. The molecule has 28 nitrogen and oxygen atoms in total. The summed E-state index contributed by atoms with van der Waals surface area (Å²) in [5.41, 5.74) is 10.9. The first-order valence-electron chi connectivity index (χ1n) is 36.0. The molecule has 0 bridgehead atoms. The summed E-state index contributed by atoms with van der Waals surface area (Å²) in [5.74, 6) is -4.21. The Bertz CT molecular complexity index is 3560. The number of allylic oxidation sites excluding steroid dienone is 1. The van der Waals surface area contributed by atoms with Gasteiger partial charge in [-0.15, -0.1) is 6.58 Å². The molecule has 1 saturated heterocycles. The van der Waals surface area contributed by atoms with E-state index in [-0.39, 0.29) is 104 Å². The zero-order valence-corrected chi connectivity index (χ0v) is 61.4. The fraction of sp³-hybridized carbons (Fsp3) is 0.520. The van der Waals surface area contributed by atoms with Crippen LogP contribution < -0.4 is 53.7 Å². The van der Waals surface area contributed by atoms with E-state index in [1.807, 2.05) is 64.1 Å². The number of carbonyl (C=O) groups excluding carboxylic acids is 10. The van der Waals surface area contributed by atoms with Crippen molar-refractivity contribution in [3.63, 3.8) is 0 Å². The smallest absolute Gasteiger partial charge is 0.431 e. The lowest BCUT2D eigenvalue weighted by Gasteiger charge is -2.27. The van der Waals surface area contributed by atoms with Gasteiger partial charge in [0, 0.05) is 50.4 Å². The molecule has 104 heavy (non-hydrogen) atoms. The number of amides is 9. The van der Waals surface area contributed by atoms with E-state index in [1.54, 1.807) is 30.3 Å². The molecule has 0 saturated carbocycles. The minimum atomic E-state index is -4.45. The Morgan fingerprint density at radius 2 is 1.31 bits per heavy atom. The zero-order valence-electron chi connectivity index (χ0n) is 60.6. The maximum absolute atomic E-state index is 14.3. The van der Waals surface area contributed by atoms with Gasteiger partial charge in [-0.05, 0) is 156 Å². The van der Waals surface area contributed by atoms with Gasteiger partial charge in [0.05, 0.1) is 18.3 Å². The lowest BCUT2D eigenvalue weighted by atomic mass is 10.0. The molecule has 2 heterocycles. The number of benzene rings is 3. The number of aryl methyl sites for hydroxylation is 1. The third kappa shape index (κ3) is 32.4. The van der Waals surface area contributed by atoms with Crippen molar-refractivity contribution in [3.05, 3.63) is 132 Å². The van der Waals surface area contributed by atoms with Crippen LogP contribution in [0, 0.1) is 11.8 Å². The van der Waals surface area contributed by atoms with Crippen molar-refractivity contribution < 1.29 is 70.4 Å². The Labute approximate surface area is 610 Å². The lowest BCUT2D eigenvalue weighted by molar-refractivity contribution is -0.138. The van der Waals surface area contributed by atoms with E-state index in [4.69, 9.17) is 15.2 Å². The fourth-order valence-electron chi connectivity index (χ4n) is 11.7. The van der Waals surface area contributed by atoms with Crippen molar-refractivity contribution in [2.75, 3.05) is 43.5 Å². The summed E-state index contributed by atoms with van der Waals surface area (Å²) < 4.78 is 44.1. The molecular weight excluding hydrogens is 1350 g/mol. The second-order valence-corrected chi connectivity index (χ2v) is 28.1. The van der Waals surface area contributed by atoms with Crippen LogP contribution in [0.2, 0.25) is 0 Å². The molecule has 1 aromatic heterocycles. The molecule has 3 aromatic carbocycles. The summed E-state index contributed by atoms with van der Waals surface area (Å²) in [4.78, 5) is 139. The van der Waals surface area contributed by atoms with Gasteiger partial charge in [-0.3, -0.25) is 53.1 Å². The van der Waals surface area contributed by atoms with E-state index < -0.39 is 94.4 Å². The first-order chi connectivity index (χ1) is 49.8. The first kappa shape index (κ1) is 85.0. The Morgan fingerprint density at radius 1 is 0.673 bits per heavy atom. The second kappa shape index (κ2) is 46.2. The number of pyridine rings is 1. The summed E-state index contributed by atoms with van der Waals surface area (Å²) >= 11 is 0. The molecule has 1 fully saturated rings. The number of anilines is 2. The molecule has 1 aliphatic rings. The predicted octanol–water partition coefficient (Wildman–Crippen LogP) is 7.68. The molecule has 5 rings (SSSR count). The quantitative estimate of drug-likeness (QED) is 0.00504. The SMILES string of the molecule is C=CCCCCCCC(CCCCCCC(=O)NCCNC(=O)c1ccc(NN=Cc2ccccc2S(=O)(=O)O)nc1)OC(=O)OCc1ccc(NC(=O)[C@H](CC(C)C)NC(=O)[C@H](CCCN)NC(=O)[C@H](CCc2ccccc2)NC(=O)CNC(=O)[C@H](CC(C)C)NC(=O)[C@@H]2CCCN2C(C)=O)cc1. The number of ether oxygens (including phenoxy) is 2. The summed E-state index contributed by atoms with van der Waals surface area (Å²) in [7, 11) is -4.45. The van der Waals surface area contributed by atoms with Crippen LogP contribution in [0.15, 0.2) is 120 Å². The number of rotatable bonds is 47. The van der Waals surface area contributed by atoms with Crippen LogP contribution in [0.5, 0.6) is 0 Å². The maximum atomic E-state index is 14.3. The van der Waals surface area contributed by atoms with Crippen LogP contribution in [0.3, 0.4) is 0 Å². The van der Waals surface area contributed by atoms with Gasteiger partial charge in [-0.1, -0.05) is 120 Å². The molecule has 0 spiro atoms. The van der Waals surface area contributed by atoms with E-state index in [9.17, 15) is 60.9 Å². The van der Waals surface area contributed by atoms with Crippen molar-refractivity contribution in [2.24, 2.45) is 22.7 Å². The first-order valence-corrected chi connectivity index (χ1v) is 37.5. The van der Waals surface area contributed by atoms with E-state index in [0.717, 1.165) is 56.9 Å².